The van der Waals surface area contributed by atoms with Crippen LogP contribution in [0.15, 0.2) is 68.9 Å². The lowest BCUT2D eigenvalue weighted by molar-refractivity contribution is -0.113. The number of amides is 1. The molecule has 0 unspecified atom stereocenters. The predicted molar refractivity (Wildman–Crippen MR) is 132 cm³/mol. The van der Waals surface area contributed by atoms with Crippen LogP contribution in [0.2, 0.25) is 10.0 Å². The Morgan fingerprint density at radius 3 is 2.36 bits per heavy atom. The first-order chi connectivity index (χ1) is 16.0. The Kier molecular flexibility index (Phi) is 6.19. The highest BCUT2D eigenvalue weighted by molar-refractivity contribution is 8.18. The molecule has 2 aliphatic heterocycles. The predicted octanol–water partition coefficient (Wildman–Crippen LogP) is 6.19. The van der Waals surface area contributed by atoms with Gasteiger partial charge in [-0.15, -0.1) is 0 Å². The maximum absolute atomic E-state index is 14.1. The number of rotatable bonds is 3. The second kappa shape index (κ2) is 9.25. The van der Waals surface area contributed by atoms with Crippen molar-refractivity contribution in [1.82, 2.24) is 4.90 Å². The van der Waals surface area contributed by atoms with E-state index in [0.717, 1.165) is 0 Å². The maximum Gasteiger partial charge on any atom is 0.286 e. The summed E-state index contributed by atoms with van der Waals surface area (Å²) in [4.78, 5) is 21.3. The molecule has 3 aromatic rings. The van der Waals surface area contributed by atoms with Crippen molar-refractivity contribution in [2.45, 2.75) is 0 Å². The first-order valence-electron chi connectivity index (χ1n) is 10.3. The molecular formula is C24H18Cl2FN3O2S. The van der Waals surface area contributed by atoms with Crippen molar-refractivity contribution in [2.24, 2.45) is 4.99 Å². The van der Waals surface area contributed by atoms with Gasteiger partial charge in [-0.05, 0) is 48.2 Å². The molecule has 0 N–H and O–H groups in total. The largest absolute Gasteiger partial charge is 0.457 e. The quantitative estimate of drug-likeness (QED) is 0.400. The number of halogens is 3. The minimum absolute atomic E-state index is 0.227. The lowest BCUT2D eigenvalue weighted by Gasteiger charge is -2.36. The third-order valence-corrected chi connectivity index (χ3v) is 7.14. The van der Waals surface area contributed by atoms with Gasteiger partial charge in [-0.1, -0.05) is 41.4 Å². The number of carbonyl (C=O) groups excluding carboxylic acids is 1. The number of furan rings is 1. The molecule has 1 saturated heterocycles. The molecule has 1 amide bonds. The van der Waals surface area contributed by atoms with Gasteiger partial charge in [-0.25, -0.2) is 4.39 Å². The molecule has 1 aromatic heterocycles. The molecule has 0 aliphatic carbocycles. The minimum Gasteiger partial charge on any atom is -0.457 e. The molecule has 33 heavy (non-hydrogen) atoms. The van der Waals surface area contributed by atoms with Crippen LogP contribution in [-0.4, -0.2) is 42.2 Å². The second-order valence-corrected chi connectivity index (χ2v) is 9.36. The number of carbonyl (C=O) groups is 1. The van der Waals surface area contributed by atoms with E-state index in [1.165, 1.54) is 17.8 Å². The molecule has 5 rings (SSSR count). The SMILES string of the molecule is O=C1N=C(N2CCN(c3ccccc3F)CC2)S/C1=C/c1ccc(-c2c(Cl)cccc2Cl)o1. The van der Waals surface area contributed by atoms with E-state index in [2.05, 4.69) is 9.89 Å². The van der Waals surface area contributed by atoms with Gasteiger partial charge in [-0.3, -0.25) is 4.79 Å². The lowest BCUT2D eigenvalue weighted by atomic mass is 10.2. The molecule has 3 heterocycles. The second-order valence-electron chi connectivity index (χ2n) is 7.53. The summed E-state index contributed by atoms with van der Waals surface area (Å²) in [6.07, 6.45) is 1.67. The Morgan fingerprint density at radius 2 is 1.64 bits per heavy atom. The highest BCUT2D eigenvalue weighted by Gasteiger charge is 2.29. The van der Waals surface area contributed by atoms with E-state index >= 15 is 0 Å². The number of benzene rings is 2. The molecule has 9 heteroatoms. The Labute approximate surface area is 204 Å². The van der Waals surface area contributed by atoms with Gasteiger partial charge in [-0.2, -0.15) is 4.99 Å². The van der Waals surface area contributed by atoms with Crippen LogP contribution >= 0.6 is 35.0 Å². The lowest BCUT2D eigenvalue weighted by Crippen LogP contribution is -2.48. The average molecular weight is 502 g/mol. The van der Waals surface area contributed by atoms with E-state index in [9.17, 15) is 9.18 Å². The van der Waals surface area contributed by atoms with Crippen LogP contribution < -0.4 is 4.90 Å². The number of aliphatic imine (C=N–C) groups is 1. The number of hydrogen-bond acceptors (Lipinski definition) is 5. The van der Waals surface area contributed by atoms with Crippen LogP contribution in [0.1, 0.15) is 5.76 Å². The maximum atomic E-state index is 14.1. The molecule has 2 aromatic carbocycles. The summed E-state index contributed by atoms with van der Waals surface area (Å²) in [7, 11) is 0. The first kappa shape index (κ1) is 22.1. The van der Waals surface area contributed by atoms with Crippen LogP contribution in [0.5, 0.6) is 0 Å². The fourth-order valence-corrected chi connectivity index (χ4v) is 5.34. The van der Waals surface area contributed by atoms with Crippen molar-refractivity contribution in [3.8, 4) is 11.3 Å². The standard InChI is InChI=1S/C24H18Cl2FN3O2S/c25-16-4-3-5-17(26)22(16)20-9-8-15(32-20)14-21-23(31)28-24(33-21)30-12-10-29(11-13-30)19-7-2-1-6-18(19)27/h1-9,14H,10-13H2/b21-14+. The molecule has 168 valence electrons. The van der Waals surface area contributed by atoms with Crippen LogP contribution in [0, 0.1) is 5.82 Å². The van der Waals surface area contributed by atoms with E-state index in [-0.39, 0.29) is 11.7 Å². The fraction of sp³-hybridized carbons (Fsp3) is 0.167. The van der Waals surface area contributed by atoms with Crippen molar-refractivity contribution in [3.05, 3.63) is 81.1 Å². The van der Waals surface area contributed by atoms with Crippen LogP contribution in [0.3, 0.4) is 0 Å². The molecule has 2 aliphatic rings. The molecule has 0 saturated carbocycles. The summed E-state index contributed by atoms with van der Waals surface area (Å²) in [5.74, 6) is 0.506. The average Bonchev–Trinajstić information content (AvgIpc) is 3.41. The minimum atomic E-state index is -0.305. The molecule has 0 bridgehead atoms. The zero-order valence-electron chi connectivity index (χ0n) is 17.3. The number of anilines is 1. The van der Waals surface area contributed by atoms with Crippen molar-refractivity contribution in [2.75, 3.05) is 31.1 Å². The van der Waals surface area contributed by atoms with Crippen LogP contribution in [0.25, 0.3) is 17.4 Å². The van der Waals surface area contributed by atoms with Gasteiger partial charge >= 0.3 is 0 Å². The summed E-state index contributed by atoms with van der Waals surface area (Å²) < 4.78 is 20.0. The summed E-state index contributed by atoms with van der Waals surface area (Å²) in [6.45, 7) is 2.59. The number of hydrogen-bond donors (Lipinski definition) is 0. The number of amidine groups is 1. The number of piperazine rings is 1. The smallest absolute Gasteiger partial charge is 0.286 e. The third-order valence-electron chi connectivity index (χ3n) is 5.46. The number of thioether (sulfide) groups is 1. The Hall–Kier alpha value is -2.74. The monoisotopic (exact) mass is 501 g/mol. The van der Waals surface area contributed by atoms with Crippen LogP contribution in [0.4, 0.5) is 10.1 Å². The topological polar surface area (TPSA) is 49.1 Å². The zero-order valence-corrected chi connectivity index (χ0v) is 19.6. The Morgan fingerprint density at radius 1 is 0.939 bits per heavy atom. The van der Waals surface area contributed by atoms with Crippen molar-refractivity contribution < 1.29 is 13.6 Å². The van der Waals surface area contributed by atoms with E-state index in [0.29, 0.717) is 69.1 Å². The molecule has 5 nitrogen and oxygen atoms in total. The fourth-order valence-electron chi connectivity index (χ4n) is 3.81. The van der Waals surface area contributed by atoms with Gasteiger partial charge in [0.2, 0.25) is 0 Å². The number of para-hydroxylation sites is 1. The van der Waals surface area contributed by atoms with Gasteiger partial charge in [0.1, 0.15) is 17.3 Å². The normalized spacial score (nSPS) is 17.7. The highest BCUT2D eigenvalue weighted by Crippen LogP contribution is 2.37. The highest BCUT2D eigenvalue weighted by atomic mass is 35.5. The Bertz CT molecular complexity index is 1260. The van der Waals surface area contributed by atoms with Crippen LogP contribution in [-0.2, 0) is 4.79 Å². The van der Waals surface area contributed by atoms with E-state index in [1.54, 1.807) is 48.5 Å². The summed E-state index contributed by atoms with van der Waals surface area (Å²) in [6, 6.07) is 15.5. The van der Waals surface area contributed by atoms with Gasteiger partial charge in [0, 0.05) is 32.3 Å². The summed E-state index contributed by atoms with van der Waals surface area (Å²) >= 11 is 13.8. The Balaban J connectivity index is 1.26. The summed E-state index contributed by atoms with van der Waals surface area (Å²) in [5, 5.41) is 1.63. The van der Waals surface area contributed by atoms with Crippen molar-refractivity contribution >= 4 is 57.8 Å². The molecule has 0 radical (unpaired) electrons. The van der Waals surface area contributed by atoms with Gasteiger partial charge in [0.25, 0.3) is 5.91 Å². The van der Waals surface area contributed by atoms with Gasteiger partial charge in [0.05, 0.1) is 26.2 Å². The van der Waals surface area contributed by atoms with Gasteiger partial charge < -0.3 is 14.2 Å². The van der Waals surface area contributed by atoms with Gasteiger partial charge in [0.15, 0.2) is 5.17 Å². The van der Waals surface area contributed by atoms with E-state index < -0.39 is 0 Å². The summed E-state index contributed by atoms with van der Waals surface area (Å²) in [5.41, 5.74) is 1.21. The molecule has 1 fully saturated rings. The van der Waals surface area contributed by atoms with Crippen molar-refractivity contribution in [3.63, 3.8) is 0 Å². The third kappa shape index (κ3) is 4.53. The molecule has 0 atom stereocenters. The first-order valence-corrected chi connectivity index (χ1v) is 11.9. The number of nitrogens with zero attached hydrogens (tertiary/aromatic N) is 3. The molecular weight excluding hydrogens is 484 g/mol. The van der Waals surface area contributed by atoms with Crippen molar-refractivity contribution in [1.29, 1.82) is 0 Å². The molecule has 0 spiro atoms. The van der Waals surface area contributed by atoms with E-state index in [1.807, 2.05) is 11.0 Å². The zero-order chi connectivity index (χ0) is 22.9. The van der Waals surface area contributed by atoms with E-state index in [4.69, 9.17) is 27.6 Å².